The van der Waals surface area contributed by atoms with E-state index in [0.29, 0.717) is 0 Å². The summed E-state index contributed by atoms with van der Waals surface area (Å²) < 4.78 is 7.40. The maximum absolute atomic E-state index is 5.30. The fraction of sp³-hybridized carbons (Fsp3) is 0.417. The van der Waals surface area contributed by atoms with Gasteiger partial charge in [-0.05, 0) is 25.6 Å². The standard InChI is InChI=1S/C12H17N3O/c1-14(10-12-4-2-9-16-12)6-3-7-15-8-5-13-11-15/h2,4-5,8-9,11H,3,6-7,10H2,1H3. The number of hydrogen-bond acceptors (Lipinski definition) is 3. The number of aryl methyl sites for hydroxylation is 1. The maximum Gasteiger partial charge on any atom is 0.117 e. The summed E-state index contributed by atoms with van der Waals surface area (Å²) in [5.74, 6) is 1.02. The predicted molar refractivity (Wildman–Crippen MR) is 61.9 cm³/mol. The van der Waals surface area contributed by atoms with Crippen molar-refractivity contribution in [2.75, 3.05) is 13.6 Å². The Morgan fingerprint density at radius 2 is 2.44 bits per heavy atom. The van der Waals surface area contributed by atoms with Gasteiger partial charge in [0.1, 0.15) is 5.76 Å². The smallest absolute Gasteiger partial charge is 0.117 e. The molecule has 0 aliphatic rings. The molecule has 86 valence electrons. The molecule has 2 aromatic heterocycles. The van der Waals surface area contributed by atoms with Gasteiger partial charge in [-0.3, -0.25) is 4.90 Å². The molecule has 2 rings (SSSR count). The third-order valence-corrected chi connectivity index (χ3v) is 2.52. The minimum absolute atomic E-state index is 0.872. The molecule has 4 heteroatoms. The van der Waals surface area contributed by atoms with E-state index in [1.807, 2.05) is 30.9 Å². The molecule has 4 nitrogen and oxygen atoms in total. The van der Waals surface area contributed by atoms with Gasteiger partial charge in [-0.15, -0.1) is 0 Å². The quantitative estimate of drug-likeness (QED) is 0.745. The topological polar surface area (TPSA) is 34.2 Å². The van der Waals surface area contributed by atoms with Gasteiger partial charge in [0, 0.05) is 25.5 Å². The van der Waals surface area contributed by atoms with Crippen LogP contribution in [0.4, 0.5) is 0 Å². The van der Waals surface area contributed by atoms with Crippen LogP contribution in [0.15, 0.2) is 41.5 Å². The summed E-state index contributed by atoms with van der Waals surface area (Å²) in [7, 11) is 2.11. The third-order valence-electron chi connectivity index (χ3n) is 2.52. The number of imidazole rings is 1. The average Bonchev–Trinajstić information content (AvgIpc) is 2.90. The highest BCUT2D eigenvalue weighted by Gasteiger charge is 2.01. The molecule has 0 aliphatic heterocycles. The first-order chi connectivity index (χ1) is 7.84. The number of rotatable bonds is 6. The molecular formula is C12H17N3O. The molecule has 0 amide bonds. The van der Waals surface area contributed by atoms with E-state index in [-0.39, 0.29) is 0 Å². The summed E-state index contributed by atoms with van der Waals surface area (Å²) in [5.41, 5.74) is 0. The Morgan fingerprint density at radius 3 is 3.12 bits per heavy atom. The first kappa shape index (κ1) is 11.0. The summed E-state index contributed by atoms with van der Waals surface area (Å²) in [6.45, 7) is 2.94. The van der Waals surface area contributed by atoms with Crippen LogP contribution in [0.1, 0.15) is 12.2 Å². The zero-order valence-electron chi connectivity index (χ0n) is 9.54. The molecule has 0 N–H and O–H groups in total. The van der Waals surface area contributed by atoms with Crippen LogP contribution in [0.3, 0.4) is 0 Å². The van der Waals surface area contributed by atoms with Crippen molar-refractivity contribution in [3.05, 3.63) is 42.9 Å². The summed E-state index contributed by atoms with van der Waals surface area (Å²) in [4.78, 5) is 6.27. The van der Waals surface area contributed by atoms with Gasteiger partial charge in [0.2, 0.25) is 0 Å². The van der Waals surface area contributed by atoms with Crippen molar-refractivity contribution in [1.29, 1.82) is 0 Å². The molecule has 0 saturated heterocycles. The second kappa shape index (κ2) is 5.51. The van der Waals surface area contributed by atoms with Gasteiger partial charge >= 0.3 is 0 Å². The summed E-state index contributed by atoms with van der Waals surface area (Å²) in [6, 6.07) is 3.93. The number of hydrogen-bond donors (Lipinski definition) is 0. The minimum Gasteiger partial charge on any atom is -0.468 e. The van der Waals surface area contributed by atoms with Crippen molar-refractivity contribution in [3.8, 4) is 0 Å². The Kier molecular flexibility index (Phi) is 3.77. The fourth-order valence-electron chi connectivity index (χ4n) is 1.69. The van der Waals surface area contributed by atoms with E-state index in [0.717, 1.165) is 31.8 Å². The molecule has 0 saturated carbocycles. The SMILES string of the molecule is CN(CCCn1ccnc1)Cc1ccco1. The minimum atomic E-state index is 0.872. The zero-order chi connectivity index (χ0) is 11.2. The van der Waals surface area contributed by atoms with Gasteiger partial charge in [0.15, 0.2) is 0 Å². The number of nitrogens with zero attached hydrogens (tertiary/aromatic N) is 3. The Bertz CT molecular complexity index is 380. The normalized spacial score (nSPS) is 11.1. The van der Waals surface area contributed by atoms with Crippen LogP contribution in [0.5, 0.6) is 0 Å². The van der Waals surface area contributed by atoms with Gasteiger partial charge in [-0.2, -0.15) is 0 Å². The molecule has 0 atom stereocenters. The van der Waals surface area contributed by atoms with Gasteiger partial charge in [0.05, 0.1) is 19.1 Å². The highest BCUT2D eigenvalue weighted by Crippen LogP contribution is 2.04. The molecule has 0 fully saturated rings. The second-order valence-corrected chi connectivity index (χ2v) is 3.97. The molecule has 0 spiro atoms. The van der Waals surface area contributed by atoms with Crippen LogP contribution in [0.25, 0.3) is 0 Å². The van der Waals surface area contributed by atoms with Crippen molar-refractivity contribution in [2.45, 2.75) is 19.5 Å². The van der Waals surface area contributed by atoms with Crippen molar-refractivity contribution in [2.24, 2.45) is 0 Å². The van der Waals surface area contributed by atoms with E-state index in [1.165, 1.54) is 0 Å². The Labute approximate surface area is 95.5 Å². The second-order valence-electron chi connectivity index (χ2n) is 3.97. The van der Waals surface area contributed by atoms with Crippen LogP contribution < -0.4 is 0 Å². The van der Waals surface area contributed by atoms with Gasteiger partial charge < -0.3 is 8.98 Å². The zero-order valence-corrected chi connectivity index (χ0v) is 9.54. The molecule has 16 heavy (non-hydrogen) atoms. The van der Waals surface area contributed by atoms with Crippen LogP contribution >= 0.6 is 0 Å². The lowest BCUT2D eigenvalue weighted by molar-refractivity contribution is 0.286. The highest BCUT2D eigenvalue weighted by atomic mass is 16.3. The molecule has 0 aliphatic carbocycles. The monoisotopic (exact) mass is 219 g/mol. The van der Waals surface area contributed by atoms with Crippen molar-refractivity contribution in [1.82, 2.24) is 14.5 Å². The fourth-order valence-corrected chi connectivity index (χ4v) is 1.69. The number of furan rings is 1. The van der Waals surface area contributed by atoms with E-state index in [4.69, 9.17) is 4.42 Å². The largest absolute Gasteiger partial charge is 0.468 e. The summed E-state index contributed by atoms with van der Waals surface area (Å²) in [6.07, 6.45) is 8.49. The molecule has 2 heterocycles. The van der Waals surface area contributed by atoms with Gasteiger partial charge in [-0.25, -0.2) is 4.98 Å². The van der Waals surface area contributed by atoms with E-state index in [1.54, 1.807) is 6.26 Å². The molecular weight excluding hydrogens is 202 g/mol. The molecule has 0 bridgehead atoms. The van der Waals surface area contributed by atoms with Crippen LogP contribution in [0.2, 0.25) is 0 Å². The van der Waals surface area contributed by atoms with E-state index in [9.17, 15) is 0 Å². The van der Waals surface area contributed by atoms with Crippen LogP contribution in [-0.4, -0.2) is 28.0 Å². The van der Waals surface area contributed by atoms with Crippen molar-refractivity contribution in [3.63, 3.8) is 0 Å². The lowest BCUT2D eigenvalue weighted by Gasteiger charge is -2.14. The first-order valence-electron chi connectivity index (χ1n) is 5.51. The van der Waals surface area contributed by atoms with Crippen molar-refractivity contribution >= 4 is 0 Å². The Morgan fingerprint density at radius 1 is 1.50 bits per heavy atom. The lowest BCUT2D eigenvalue weighted by Crippen LogP contribution is -2.19. The first-order valence-corrected chi connectivity index (χ1v) is 5.51. The summed E-state index contributed by atoms with van der Waals surface area (Å²) >= 11 is 0. The third kappa shape index (κ3) is 3.24. The predicted octanol–water partition coefficient (Wildman–Crippen LogP) is 2.00. The van der Waals surface area contributed by atoms with Crippen LogP contribution in [-0.2, 0) is 13.1 Å². The molecule has 0 unspecified atom stereocenters. The highest BCUT2D eigenvalue weighted by molar-refractivity contribution is 4.97. The van der Waals surface area contributed by atoms with E-state index >= 15 is 0 Å². The average molecular weight is 219 g/mol. The van der Waals surface area contributed by atoms with E-state index in [2.05, 4.69) is 21.5 Å². The summed E-state index contributed by atoms with van der Waals surface area (Å²) in [5, 5.41) is 0. The van der Waals surface area contributed by atoms with Gasteiger partial charge in [-0.1, -0.05) is 0 Å². The Balaban J connectivity index is 1.66. The van der Waals surface area contributed by atoms with E-state index < -0.39 is 0 Å². The Hall–Kier alpha value is -1.55. The maximum atomic E-state index is 5.30. The molecule has 0 radical (unpaired) electrons. The molecule has 0 aromatic carbocycles. The molecule has 2 aromatic rings. The number of aromatic nitrogens is 2. The van der Waals surface area contributed by atoms with Crippen LogP contribution in [0, 0.1) is 0 Å². The lowest BCUT2D eigenvalue weighted by atomic mass is 10.3. The van der Waals surface area contributed by atoms with Gasteiger partial charge in [0.25, 0.3) is 0 Å². The van der Waals surface area contributed by atoms with Crippen molar-refractivity contribution < 1.29 is 4.42 Å².